The Bertz CT molecular complexity index is 933. The van der Waals surface area contributed by atoms with E-state index >= 15 is 0 Å². The first kappa shape index (κ1) is 16.6. The van der Waals surface area contributed by atoms with Crippen molar-refractivity contribution in [2.45, 2.75) is 31.3 Å². The molecule has 130 valence electrons. The third-order valence-corrected chi connectivity index (χ3v) is 6.05. The summed E-state index contributed by atoms with van der Waals surface area (Å²) in [6, 6.07) is 3.75. The molecule has 0 radical (unpaired) electrons. The van der Waals surface area contributed by atoms with E-state index in [2.05, 4.69) is 26.2 Å². The van der Waals surface area contributed by atoms with Crippen molar-refractivity contribution in [3.8, 4) is 0 Å². The van der Waals surface area contributed by atoms with Crippen LogP contribution in [-0.4, -0.2) is 22.0 Å². The molecule has 5 nitrogen and oxygen atoms in total. The van der Waals surface area contributed by atoms with E-state index in [4.69, 9.17) is 11.6 Å². The Morgan fingerprint density at radius 2 is 2.16 bits per heavy atom. The summed E-state index contributed by atoms with van der Waals surface area (Å²) in [5, 5.41) is 2.95. The Balaban J connectivity index is 1.63. The highest BCUT2D eigenvalue weighted by molar-refractivity contribution is 9.10. The van der Waals surface area contributed by atoms with Gasteiger partial charge in [0.25, 0.3) is 0 Å². The second-order valence-corrected chi connectivity index (χ2v) is 7.57. The number of hydrogen-bond acceptors (Lipinski definition) is 2. The van der Waals surface area contributed by atoms with Crippen LogP contribution in [0.4, 0.5) is 14.9 Å². The standard InChI is InChI=1S/C17H14BrClFN3O2/c18-11-5-13(20)14(6-12(11)19)22-17(25)23-9-1-2-15(23)10-7-21-16(24)4-8(10)3-9/h4-7,9,15H,1-3H2,(H,21,24)(H,22,25)/t9-,15+/m0/s1. The Kier molecular flexibility index (Phi) is 4.08. The van der Waals surface area contributed by atoms with Gasteiger partial charge in [0.1, 0.15) is 5.82 Å². The minimum absolute atomic E-state index is 0.00767. The maximum Gasteiger partial charge on any atom is 0.322 e. The molecule has 2 bridgehead atoms. The van der Waals surface area contributed by atoms with Crippen molar-refractivity contribution in [2.75, 3.05) is 5.32 Å². The van der Waals surface area contributed by atoms with Gasteiger partial charge in [-0.2, -0.15) is 0 Å². The molecular formula is C17H14BrClFN3O2. The quantitative estimate of drug-likeness (QED) is 0.671. The lowest BCUT2D eigenvalue weighted by Gasteiger charge is -2.36. The van der Waals surface area contributed by atoms with Gasteiger partial charge in [-0.25, -0.2) is 9.18 Å². The normalized spacial score (nSPS) is 21.2. The average Bonchev–Trinajstić information content (AvgIpc) is 2.88. The summed E-state index contributed by atoms with van der Waals surface area (Å²) >= 11 is 9.15. The lowest BCUT2D eigenvalue weighted by molar-refractivity contribution is 0.179. The summed E-state index contributed by atoms with van der Waals surface area (Å²) in [6.07, 6.45) is 3.99. The first-order valence-electron chi connectivity index (χ1n) is 7.89. The SMILES string of the molecule is O=C(Nc1cc(Cl)c(Br)cc1F)N1[C@H]2CC[C@@H]1c1c[nH]c(=O)cc1C2. The van der Waals surface area contributed by atoms with Crippen LogP contribution in [0.1, 0.15) is 30.0 Å². The van der Waals surface area contributed by atoms with Crippen molar-refractivity contribution in [3.63, 3.8) is 0 Å². The Hall–Kier alpha value is -1.86. The van der Waals surface area contributed by atoms with E-state index in [0.29, 0.717) is 15.9 Å². The van der Waals surface area contributed by atoms with E-state index in [9.17, 15) is 14.0 Å². The van der Waals surface area contributed by atoms with Crippen LogP contribution < -0.4 is 10.9 Å². The minimum atomic E-state index is -0.557. The number of fused-ring (bicyclic) bond motifs is 4. The minimum Gasteiger partial charge on any atom is -0.329 e. The first-order valence-corrected chi connectivity index (χ1v) is 9.06. The van der Waals surface area contributed by atoms with Gasteiger partial charge in [0, 0.05) is 22.8 Å². The van der Waals surface area contributed by atoms with Gasteiger partial charge in [-0.3, -0.25) is 4.79 Å². The van der Waals surface area contributed by atoms with Crippen LogP contribution >= 0.6 is 27.5 Å². The lowest BCUT2D eigenvalue weighted by Crippen LogP contribution is -2.44. The largest absolute Gasteiger partial charge is 0.329 e. The van der Waals surface area contributed by atoms with Crippen LogP contribution in [0.25, 0.3) is 0 Å². The third-order valence-electron chi connectivity index (χ3n) is 4.85. The van der Waals surface area contributed by atoms with Crippen LogP contribution in [0.15, 0.2) is 33.7 Å². The number of H-pyrrole nitrogens is 1. The number of aromatic nitrogens is 1. The summed E-state index contributed by atoms with van der Waals surface area (Å²) in [4.78, 5) is 28.7. The molecule has 1 aromatic carbocycles. The Morgan fingerprint density at radius 1 is 1.36 bits per heavy atom. The lowest BCUT2D eigenvalue weighted by atomic mass is 9.95. The molecule has 8 heteroatoms. The maximum atomic E-state index is 14.1. The van der Waals surface area contributed by atoms with Gasteiger partial charge in [0.2, 0.25) is 5.56 Å². The van der Waals surface area contributed by atoms with Crippen molar-refractivity contribution in [2.24, 2.45) is 0 Å². The predicted molar refractivity (Wildman–Crippen MR) is 96.5 cm³/mol. The van der Waals surface area contributed by atoms with Gasteiger partial charge in [-0.1, -0.05) is 11.6 Å². The zero-order chi connectivity index (χ0) is 17.7. The average molecular weight is 427 g/mol. The number of carbonyl (C=O) groups excluding carboxylic acids is 1. The van der Waals surface area contributed by atoms with Crippen LogP contribution in [0, 0.1) is 5.82 Å². The number of nitrogens with zero attached hydrogens (tertiary/aromatic N) is 1. The number of nitrogens with one attached hydrogen (secondary N) is 2. The van der Waals surface area contributed by atoms with Gasteiger partial charge in [0.05, 0.1) is 16.8 Å². The van der Waals surface area contributed by atoms with E-state index in [1.54, 1.807) is 17.2 Å². The van der Waals surface area contributed by atoms with E-state index in [-0.39, 0.29) is 29.4 Å². The van der Waals surface area contributed by atoms with Crippen molar-refractivity contribution in [3.05, 3.63) is 61.2 Å². The molecule has 2 aliphatic heterocycles. The topological polar surface area (TPSA) is 65.2 Å². The molecule has 2 N–H and O–H groups in total. The zero-order valence-corrected chi connectivity index (χ0v) is 15.3. The summed E-state index contributed by atoms with van der Waals surface area (Å²) in [5.41, 5.74) is 1.85. The zero-order valence-electron chi connectivity index (χ0n) is 13.0. The molecule has 0 spiro atoms. The summed E-state index contributed by atoms with van der Waals surface area (Å²) in [6.45, 7) is 0. The number of urea groups is 1. The van der Waals surface area contributed by atoms with Crippen LogP contribution in [0.3, 0.4) is 0 Å². The maximum absolute atomic E-state index is 14.1. The molecule has 2 atom stereocenters. The molecule has 3 heterocycles. The van der Waals surface area contributed by atoms with E-state index < -0.39 is 5.82 Å². The number of aromatic amines is 1. The molecule has 0 unspecified atom stereocenters. The number of halogens is 3. The summed E-state index contributed by atoms with van der Waals surface area (Å²) in [7, 11) is 0. The molecule has 0 aliphatic carbocycles. The van der Waals surface area contributed by atoms with Crippen molar-refractivity contribution < 1.29 is 9.18 Å². The number of amides is 2. The second-order valence-electron chi connectivity index (χ2n) is 6.31. The van der Waals surface area contributed by atoms with Crippen molar-refractivity contribution >= 4 is 39.2 Å². The van der Waals surface area contributed by atoms with E-state index in [1.165, 1.54) is 12.1 Å². The molecule has 1 aromatic heterocycles. The third kappa shape index (κ3) is 2.85. The van der Waals surface area contributed by atoms with Gasteiger partial charge < -0.3 is 15.2 Å². The van der Waals surface area contributed by atoms with Crippen LogP contribution in [0.5, 0.6) is 0 Å². The number of carbonyl (C=O) groups is 1. The molecule has 2 amide bonds. The fourth-order valence-electron chi connectivity index (χ4n) is 3.76. The van der Waals surface area contributed by atoms with Crippen molar-refractivity contribution in [1.82, 2.24) is 9.88 Å². The second kappa shape index (κ2) is 6.14. The van der Waals surface area contributed by atoms with Gasteiger partial charge in [-0.15, -0.1) is 0 Å². The molecular weight excluding hydrogens is 413 g/mol. The van der Waals surface area contributed by atoms with Crippen LogP contribution in [0.2, 0.25) is 5.02 Å². The first-order chi connectivity index (χ1) is 11.9. The highest BCUT2D eigenvalue weighted by Crippen LogP contribution is 2.43. The number of benzene rings is 1. The summed E-state index contributed by atoms with van der Waals surface area (Å²) < 4.78 is 14.5. The Morgan fingerprint density at radius 3 is 2.96 bits per heavy atom. The highest BCUT2D eigenvalue weighted by atomic mass is 79.9. The van der Waals surface area contributed by atoms with Gasteiger partial charge in [0.15, 0.2) is 0 Å². The molecule has 1 saturated heterocycles. The smallest absolute Gasteiger partial charge is 0.322 e. The van der Waals surface area contributed by atoms with Gasteiger partial charge >= 0.3 is 6.03 Å². The number of pyridine rings is 1. The number of anilines is 1. The molecule has 2 aliphatic rings. The highest BCUT2D eigenvalue weighted by Gasteiger charge is 2.42. The van der Waals surface area contributed by atoms with E-state index in [0.717, 1.165) is 24.0 Å². The molecule has 4 rings (SSSR count). The molecule has 25 heavy (non-hydrogen) atoms. The fraction of sp³-hybridized carbons (Fsp3) is 0.294. The fourth-order valence-corrected chi connectivity index (χ4v) is 4.24. The van der Waals surface area contributed by atoms with E-state index in [1.807, 2.05) is 0 Å². The predicted octanol–water partition coefficient (Wildman–Crippen LogP) is 4.22. The molecule has 0 saturated carbocycles. The molecule has 2 aromatic rings. The number of rotatable bonds is 1. The van der Waals surface area contributed by atoms with Crippen LogP contribution in [-0.2, 0) is 6.42 Å². The van der Waals surface area contributed by atoms with Gasteiger partial charge in [-0.05, 0) is 58.5 Å². The Labute approximate surface area is 156 Å². The number of hydrogen-bond donors (Lipinski definition) is 2. The summed E-state index contributed by atoms with van der Waals surface area (Å²) in [5.74, 6) is -0.557. The van der Waals surface area contributed by atoms with Crippen molar-refractivity contribution in [1.29, 1.82) is 0 Å². The monoisotopic (exact) mass is 425 g/mol. The molecule has 1 fully saturated rings.